The number of nitrogens with one attached hydrogen (secondary N) is 2. The van der Waals surface area contributed by atoms with Gasteiger partial charge in [-0.05, 0) is 30.0 Å². The average molecular weight is 325 g/mol. The summed E-state index contributed by atoms with van der Waals surface area (Å²) in [6.07, 6.45) is 0. The molecule has 7 heteroatoms. The Labute approximate surface area is 130 Å². The molecule has 0 spiro atoms. The topological polar surface area (TPSA) is 78.4 Å². The molecule has 1 atom stereocenters. The highest BCUT2D eigenvalue weighted by molar-refractivity contribution is 7.10. The van der Waals surface area contributed by atoms with Gasteiger partial charge in [0.05, 0.1) is 10.7 Å². The summed E-state index contributed by atoms with van der Waals surface area (Å²) in [5.74, 6) is -1.12. The minimum absolute atomic E-state index is 0.396. The molecule has 0 aliphatic heterocycles. The fourth-order valence-corrected chi connectivity index (χ4v) is 2.82. The van der Waals surface area contributed by atoms with Gasteiger partial charge in [0, 0.05) is 4.88 Å². The standard InChI is InChI=1S/C14H13ClN2O3S/c1-8-4-2-5-9(15)11(8)16-14(20)17-12(13(18)19)10-6-3-7-21-10/h2-7,12H,1H3,(H,18,19)(H2,16,17,20). The van der Waals surface area contributed by atoms with Gasteiger partial charge in [-0.25, -0.2) is 9.59 Å². The molecule has 2 rings (SSSR count). The summed E-state index contributed by atoms with van der Waals surface area (Å²) in [5, 5.41) is 16.4. The van der Waals surface area contributed by atoms with Gasteiger partial charge in [-0.3, -0.25) is 0 Å². The van der Waals surface area contributed by atoms with E-state index >= 15 is 0 Å². The number of halogens is 1. The number of carbonyl (C=O) groups is 2. The average Bonchev–Trinajstić information content (AvgIpc) is 2.94. The highest BCUT2D eigenvalue weighted by Gasteiger charge is 2.23. The maximum atomic E-state index is 12.0. The Kier molecular flexibility index (Phi) is 4.82. The Morgan fingerprint density at radius 1 is 1.29 bits per heavy atom. The highest BCUT2D eigenvalue weighted by atomic mass is 35.5. The van der Waals surface area contributed by atoms with Crippen molar-refractivity contribution in [3.8, 4) is 0 Å². The van der Waals surface area contributed by atoms with Crippen molar-refractivity contribution in [1.82, 2.24) is 5.32 Å². The number of carboxylic acid groups (broad SMARTS) is 1. The third kappa shape index (κ3) is 3.74. The molecule has 0 bridgehead atoms. The van der Waals surface area contributed by atoms with Crippen molar-refractivity contribution in [3.63, 3.8) is 0 Å². The first kappa shape index (κ1) is 15.3. The molecule has 2 aromatic rings. The van der Waals surface area contributed by atoms with Crippen LogP contribution in [-0.2, 0) is 4.79 Å². The maximum Gasteiger partial charge on any atom is 0.331 e. The number of aryl methyl sites for hydroxylation is 1. The van der Waals surface area contributed by atoms with Gasteiger partial charge in [0.2, 0.25) is 0 Å². The molecule has 0 aliphatic rings. The predicted molar refractivity (Wildman–Crippen MR) is 83.0 cm³/mol. The first-order chi connectivity index (χ1) is 9.99. The first-order valence-corrected chi connectivity index (χ1v) is 7.33. The number of carbonyl (C=O) groups excluding carboxylic acids is 1. The molecule has 0 aliphatic carbocycles. The van der Waals surface area contributed by atoms with Gasteiger partial charge in [0.1, 0.15) is 0 Å². The van der Waals surface area contributed by atoms with Gasteiger partial charge in [-0.15, -0.1) is 11.3 Å². The lowest BCUT2D eigenvalue weighted by molar-refractivity contribution is -0.139. The molecule has 1 aromatic carbocycles. The van der Waals surface area contributed by atoms with Crippen molar-refractivity contribution in [3.05, 3.63) is 51.2 Å². The van der Waals surface area contributed by atoms with Crippen molar-refractivity contribution in [2.45, 2.75) is 13.0 Å². The third-order valence-corrected chi connectivity index (χ3v) is 4.06. The SMILES string of the molecule is Cc1cccc(Cl)c1NC(=O)NC(C(=O)O)c1cccs1. The lowest BCUT2D eigenvalue weighted by atomic mass is 10.2. The highest BCUT2D eigenvalue weighted by Crippen LogP contribution is 2.25. The van der Waals surface area contributed by atoms with Gasteiger partial charge < -0.3 is 15.7 Å². The first-order valence-electron chi connectivity index (χ1n) is 6.08. The van der Waals surface area contributed by atoms with Gasteiger partial charge >= 0.3 is 12.0 Å². The monoisotopic (exact) mass is 324 g/mol. The molecule has 3 N–H and O–H groups in total. The Balaban J connectivity index is 2.12. The molecular weight excluding hydrogens is 312 g/mol. The second-order valence-corrected chi connectivity index (χ2v) is 5.70. The summed E-state index contributed by atoms with van der Waals surface area (Å²) in [6, 6.07) is 6.90. The Morgan fingerprint density at radius 3 is 2.62 bits per heavy atom. The molecule has 1 aromatic heterocycles. The zero-order chi connectivity index (χ0) is 15.4. The van der Waals surface area contributed by atoms with E-state index in [0.717, 1.165) is 5.56 Å². The van der Waals surface area contributed by atoms with E-state index < -0.39 is 18.0 Å². The molecule has 1 heterocycles. The number of amides is 2. The lowest BCUT2D eigenvalue weighted by Gasteiger charge is -2.15. The van der Waals surface area contributed by atoms with Crippen LogP contribution in [0.3, 0.4) is 0 Å². The molecule has 2 amide bonds. The zero-order valence-corrected chi connectivity index (χ0v) is 12.7. The quantitative estimate of drug-likeness (QED) is 0.803. The fraction of sp³-hybridized carbons (Fsp3) is 0.143. The van der Waals surface area contributed by atoms with Crippen molar-refractivity contribution >= 4 is 40.6 Å². The minimum atomic E-state index is -1.12. The summed E-state index contributed by atoms with van der Waals surface area (Å²) >= 11 is 7.28. The summed E-state index contributed by atoms with van der Waals surface area (Å²) in [5.41, 5.74) is 1.26. The minimum Gasteiger partial charge on any atom is -0.479 e. The number of anilines is 1. The molecule has 21 heavy (non-hydrogen) atoms. The number of para-hydroxylation sites is 1. The van der Waals surface area contributed by atoms with Gasteiger partial charge in [-0.2, -0.15) is 0 Å². The van der Waals surface area contributed by atoms with E-state index in [-0.39, 0.29) is 0 Å². The Bertz CT molecular complexity index is 638. The van der Waals surface area contributed by atoms with E-state index in [9.17, 15) is 14.7 Å². The van der Waals surface area contributed by atoms with Crippen LogP contribution in [0.15, 0.2) is 35.7 Å². The van der Waals surface area contributed by atoms with Gasteiger partial charge in [-0.1, -0.05) is 29.8 Å². The van der Waals surface area contributed by atoms with Crippen LogP contribution in [0.1, 0.15) is 16.5 Å². The Morgan fingerprint density at radius 2 is 2.05 bits per heavy atom. The van der Waals surface area contributed by atoms with Crippen LogP contribution in [0.25, 0.3) is 0 Å². The van der Waals surface area contributed by atoms with E-state index in [1.165, 1.54) is 11.3 Å². The van der Waals surface area contributed by atoms with Crippen molar-refractivity contribution in [2.24, 2.45) is 0 Å². The Hall–Kier alpha value is -2.05. The van der Waals surface area contributed by atoms with Gasteiger partial charge in [0.25, 0.3) is 0 Å². The molecule has 0 saturated heterocycles. The summed E-state index contributed by atoms with van der Waals surface area (Å²) < 4.78 is 0. The molecular formula is C14H13ClN2O3S. The number of urea groups is 1. The molecule has 1 unspecified atom stereocenters. The van der Waals surface area contributed by atoms with Crippen molar-refractivity contribution < 1.29 is 14.7 Å². The number of hydrogen-bond donors (Lipinski definition) is 3. The van der Waals surface area contributed by atoms with E-state index in [1.54, 1.807) is 42.6 Å². The zero-order valence-electron chi connectivity index (χ0n) is 11.1. The summed E-state index contributed by atoms with van der Waals surface area (Å²) in [6.45, 7) is 1.80. The smallest absolute Gasteiger partial charge is 0.331 e. The summed E-state index contributed by atoms with van der Waals surface area (Å²) in [4.78, 5) is 23.8. The van der Waals surface area contributed by atoms with Crippen molar-refractivity contribution in [2.75, 3.05) is 5.32 Å². The van der Waals surface area contributed by atoms with E-state index in [2.05, 4.69) is 10.6 Å². The number of carboxylic acids is 1. The van der Waals surface area contributed by atoms with E-state index in [4.69, 9.17) is 11.6 Å². The number of hydrogen-bond acceptors (Lipinski definition) is 3. The normalized spacial score (nSPS) is 11.7. The molecule has 0 radical (unpaired) electrons. The van der Waals surface area contributed by atoms with Crippen LogP contribution >= 0.6 is 22.9 Å². The van der Waals surface area contributed by atoms with Crippen LogP contribution in [0.5, 0.6) is 0 Å². The number of benzene rings is 1. The van der Waals surface area contributed by atoms with Crippen LogP contribution in [0, 0.1) is 6.92 Å². The number of aliphatic carboxylic acids is 1. The molecule has 0 saturated carbocycles. The maximum absolute atomic E-state index is 12.0. The number of rotatable bonds is 4. The predicted octanol–water partition coefficient (Wildman–Crippen LogP) is 3.66. The number of thiophene rings is 1. The van der Waals surface area contributed by atoms with Crippen LogP contribution in [0.2, 0.25) is 5.02 Å². The van der Waals surface area contributed by atoms with Crippen LogP contribution in [0.4, 0.5) is 10.5 Å². The molecule has 0 fully saturated rings. The van der Waals surface area contributed by atoms with Crippen LogP contribution < -0.4 is 10.6 Å². The lowest BCUT2D eigenvalue weighted by Crippen LogP contribution is -2.36. The largest absolute Gasteiger partial charge is 0.479 e. The van der Waals surface area contributed by atoms with Gasteiger partial charge in [0.15, 0.2) is 6.04 Å². The van der Waals surface area contributed by atoms with Crippen molar-refractivity contribution in [1.29, 1.82) is 0 Å². The van der Waals surface area contributed by atoms with E-state index in [1.807, 2.05) is 0 Å². The second kappa shape index (κ2) is 6.60. The second-order valence-electron chi connectivity index (χ2n) is 4.32. The van der Waals surface area contributed by atoms with E-state index in [0.29, 0.717) is 15.6 Å². The molecule has 110 valence electrons. The summed E-state index contributed by atoms with van der Waals surface area (Å²) in [7, 11) is 0. The van der Waals surface area contributed by atoms with Crippen LogP contribution in [-0.4, -0.2) is 17.1 Å². The molecule has 5 nitrogen and oxygen atoms in total. The third-order valence-electron chi connectivity index (χ3n) is 2.81. The fourth-order valence-electron chi connectivity index (χ4n) is 1.78.